The van der Waals surface area contributed by atoms with Gasteiger partial charge in [0.25, 0.3) is 0 Å². The van der Waals surface area contributed by atoms with Gasteiger partial charge in [-0.1, -0.05) is 12.1 Å². The summed E-state index contributed by atoms with van der Waals surface area (Å²) in [6.45, 7) is 3.78. The Labute approximate surface area is 106 Å². The second-order valence-corrected chi connectivity index (χ2v) is 5.71. The van der Waals surface area contributed by atoms with Crippen molar-refractivity contribution in [3.63, 3.8) is 0 Å². The number of nitrogens with two attached hydrogens (primary N) is 1. The molecule has 1 amide bonds. The quantitative estimate of drug-likeness (QED) is 0.662. The number of benzene rings is 1. The minimum Gasteiger partial charge on any atom is -0.398 e. The number of para-hydroxylation sites is 1. The molecule has 0 saturated carbocycles. The number of amides is 1. The van der Waals surface area contributed by atoms with Gasteiger partial charge >= 0.3 is 0 Å². The van der Waals surface area contributed by atoms with Crippen molar-refractivity contribution < 1.29 is 4.79 Å². The van der Waals surface area contributed by atoms with Crippen LogP contribution < -0.4 is 5.73 Å². The monoisotopic (exact) mass is 250 g/mol. The van der Waals surface area contributed by atoms with Gasteiger partial charge in [0.05, 0.1) is 5.25 Å². The SMILES string of the molecule is CC(Sc1ccccc1N)C(=O)N1CCCC1. The molecule has 1 aliphatic rings. The maximum absolute atomic E-state index is 12.1. The lowest BCUT2D eigenvalue weighted by Crippen LogP contribution is -2.34. The first-order chi connectivity index (χ1) is 8.18. The Balaban J connectivity index is 1.99. The molecule has 1 heterocycles. The number of nitrogen functional groups attached to an aromatic ring is 1. The normalized spacial score (nSPS) is 17.1. The maximum Gasteiger partial charge on any atom is 0.235 e. The third kappa shape index (κ3) is 2.94. The van der Waals surface area contributed by atoms with Crippen LogP contribution in [0.1, 0.15) is 19.8 Å². The summed E-state index contributed by atoms with van der Waals surface area (Å²) in [6, 6.07) is 7.70. The lowest BCUT2D eigenvalue weighted by molar-refractivity contribution is -0.129. The average Bonchev–Trinajstić information content (AvgIpc) is 2.84. The largest absolute Gasteiger partial charge is 0.398 e. The minimum absolute atomic E-state index is 0.0576. The molecule has 1 aliphatic heterocycles. The van der Waals surface area contributed by atoms with E-state index in [4.69, 9.17) is 5.73 Å². The molecule has 0 bridgehead atoms. The zero-order valence-electron chi connectivity index (χ0n) is 10.1. The predicted molar refractivity (Wildman–Crippen MR) is 72.0 cm³/mol. The van der Waals surface area contributed by atoms with E-state index in [1.807, 2.05) is 36.1 Å². The van der Waals surface area contributed by atoms with Gasteiger partial charge < -0.3 is 10.6 Å². The van der Waals surface area contributed by atoms with E-state index < -0.39 is 0 Å². The number of rotatable bonds is 3. The molecule has 17 heavy (non-hydrogen) atoms. The molecular formula is C13H18N2OS. The van der Waals surface area contributed by atoms with Crippen molar-refractivity contribution in [2.75, 3.05) is 18.8 Å². The topological polar surface area (TPSA) is 46.3 Å². The fourth-order valence-corrected chi connectivity index (χ4v) is 3.02. The van der Waals surface area contributed by atoms with Gasteiger partial charge in [-0.15, -0.1) is 11.8 Å². The number of hydrogen-bond donors (Lipinski definition) is 1. The molecule has 3 nitrogen and oxygen atoms in total. The van der Waals surface area contributed by atoms with Crippen molar-refractivity contribution >= 4 is 23.4 Å². The number of anilines is 1. The van der Waals surface area contributed by atoms with Gasteiger partial charge in [-0.2, -0.15) is 0 Å². The Morgan fingerprint density at radius 1 is 1.35 bits per heavy atom. The first-order valence-corrected chi connectivity index (χ1v) is 6.86. The molecule has 92 valence electrons. The molecule has 0 spiro atoms. The highest BCUT2D eigenvalue weighted by Crippen LogP contribution is 2.29. The van der Waals surface area contributed by atoms with Crippen LogP contribution in [0.25, 0.3) is 0 Å². The predicted octanol–water partition coefficient (Wildman–Crippen LogP) is 2.37. The first-order valence-electron chi connectivity index (χ1n) is 5.98. The van der Waals surface area contributed by atoms with Crippen LogP contribution in [-0.2, 0) is 4.79 Å². The van der Waals surface area contributed by atoms with E-state index >= 15 is 0 Å². The van der Waals surface area contributed by atoms with Crippen molar-refractivity contribution in [1.29, 1.82) is 0 Å². The van der Waals surface area contributed by atoms with E-state index in [-0.39, 0.29) is 11.2 Å². The van der Waals surface area contributed by atoms with E-state index in [1.54, 1.807) is 11.8 Å². The van der Waals surface area contributed by atoms with Gasteiger partial charge in [-0.25, -0.2) is 0 Å². The van der Waals surface area contributed by atoms with Crippen molar-refractivity contribution in [1.82, 2.24) is 4.90 Å². The molecule has 1 atom stereocenters. The van der Waals surface area contributed by atoms with Crippen LogP contribution >= 0.6 is 11.8 Å². The molecule has 1 fully saturated rings. The van der Waals surface area contributed by atoms with Gasteiger partial charge in [0, 0.05) is 23.7 Å². The van der Waals surface area contributed by atoms with Crippen LogP contribution in [0.5, 0.6) is 0 Å². The summed E-state index contributed by atoms with van der Waals surface area (Å²) >= 11 is 1.55. The standard InChI is InChI=1S/C13H18N2OS/c1-10(13(16)15-8-4-5-9-15)17-12-7-3-2-6-11(12)14/h2-3,6-7,10H,4-5,8-9,14H2,1H3. The highest BCUT2D eigenvalue weighted by Gasteiger charge is 2.24. The van der Waals surface area contributed by atoms with Crippen LogP contribution in [0.2, 0.25) is 0 Å². The lowest BCUT2D eigenvalue weighted by atomic mass is 10.3. The van der Waals surface area contributed by atoms with Crippen molar-refractivity contribution in [3.05, 3.63) is 24.3 Å². The fraction of sp³-hybridized carbons (Fsp3) is 0.462. The summed E-state index contributed by atoms with van der Waals surface area (Å²) in [5, 5.41) is -0.0576. The Morgan fingerprint density at radius 3 is 2.65 bits per heavy atom. The van der Waals surface area contributed by atoms with Gasteiger partial charge in [0.2, 0.25) is 5.91 Å². The number of thioether (sulfide) groups is 1. The lowest BCUT2D eigenvalue weighted by Gasteiger charge is -2.20. The van der Waals surface area contributed by atoms with Crippen molar-refractivity contribution in [3.8, 4) is 0 Å². The fourth-order valence-electron chi connectivity index (χ4n) is 2.02. The molecule has 1 saturated heterocycles. The first kappa shape index (κ1) is 12.3. The van der Waals surface area contributed by atoms with Crippen LogP contribution in [0.3, 0.4) is 0 Å². The molecular weight excluding hydrogens is 232 g/mol. The average molecular weight is 250 g/mol. The summed E-state index contributed by atoms with van der Waals surface area (Å²) in [7, 11) is 0. The Morgan fingerprint density at radius 2 is 2.00 bits per heavy atom. The molecule has 4 heteroatoms. The van der Waals surface area contributed by atoms with E-state index in [0.717, 1.165) is 36.5 Å². The summed E-state index contributed by atoms with van der Waals surface area (Å²) in [5.41, 5.74) is 6.63. The van der Waals surface area contributed by atoms with Crippen LogP contribution in [0.15, 0.2) is 29.2 Å². The van der Waals surface area contributed by atoms with Crippen LogP contribution in [-0.4, -0.2) is 29.1 Å². The summed E-state index contributed by atoms with van der Waals surface area (Å²) in [6.07, 6.45) is 2.27. The van der Waals surface area contributed by atoms with Crippen LogP contribution in [0.4, 0.5) is 5.69 Å². The summed E-state index contributed by atoms with van der Waals surface area (Å²) < 4.78 is 0. The number of likely N-dealkylation sites (tertiary alicyclic amines) is 1. The highest BCUT2D eigenvalue weighted by molar-refractivity contribution is 8.00. The summed E-state index contributed by atoms with van der Waals surface area (Å²) in [4.78, 5) is 15.1. The van der Waals surface area contributed by atoms with Gasteiger partial charge in [0.15, 0.2) is 0 Å². The third-order valence-corrected chi connectivity index (χ3v) is 4.17. The van der Waals surface area contributed by atoms with E-state index in [1.165, 1.54) is 0 Å². The molecule has 0 radical (unpaired) electrons. The second-order valence-electron chi connectivity index (χ2n) is 4.33. The van der Waals surface area contributed by atoms with Gasteiger partial charge in [-0.05, 0) is 31.9 Å². The van der Waals surface area contributed by atoms with Gasteiger partial charge in [-0.3, -0.25) is 4.79 Å². The van der Waals surface area contributed by atoms with E-state index in [9.17, 15) is 4.79 Å². The smallest absolute Gasteiger partial charge is 0.235 e. The minimum atomic E-state index is -0.0576. The zero-order valence-corrected chi connectivity index (χ0v) is 10.9. The zero-order chi connectivity index (χ0) is 12.3. The van der Waals surface area contributed by atoms with Crippen molar-refractivity contribution in [2.45, 2.75) is 29.9 Å². The number of nitrogens with zero attached hydrogens (tertiary/aromatic N) is 1. The maximum atomic E-state index is 12.1. The molecule has 0 aliphatic carbocycles. The number of carbonyl (C=O) groups is 1. The molecule has 0 aromatic heterocycles. The number of carbonyl (C=O) groups excluding carboxylic acids is 1. The van der Waals surface area contributed by atoms with Crippen LogP contribution in [0, 0.1) is 0 Å². The molecule has 1 aromatic carbocycles. The Hall–Kier alpha value is -1.16. The molecule has 1 unspecified atom stereocenters. The Kier molecular flexibility index (Phi) is 3.94. The highest BCUT2D eigenvalue weighted by atomic mass is 32.2. The Bertz CT molecular complexity index is 402. The van der Waals surface area contributed by atoms with Crippen molar-refractivity contribution in [2.24, 2.45) is 0 Å². The molecule has 2 rings (SSSR count). The molecule has 1 aromatic rings. The van der Waals surface area contributed by atoms with Gasteiger partial charge in [0.1, 0.15) is 0 Å². The van der Waals surface area contributed by atoms with E-state index in [0.29, 0.717) is 0 Å². The number of hydrogen-bond acceptors (Lipinski definition) is 3. The van der Waals surface area contributed by atoms with E-state index in [2.05, 4.69) is 0 Å². The second kappa shape index (κ2) is 5.45. The molecule has 2 N–H and O–H groups in total. The summed E-state index contributed by atoms with van der Waals surface area (Å²) in [5.74, 6) is 0.232. The third-order valence-electron chi connectivity index (χ3n) is 2.99.